The predicted molar refractivity (Wildman–Crippen MR) is 146 cm³/mol. The molecule has 2 rings (SSSR count). The molecule has 1 aliphatic heterocycles. The molecule has 1 saturated carbocycles. The number of halogens is 3. The van der Waals surface area contributed by atoms with E-state index in [1.165, 1.54) is 4.90 Å². The molecule has 2 atom stereocenters. The Bertz CT molecular complexity index is 969. The van der Waals surface area contributed by atoms with Crippen molar-refractivity contribution in [1.82, 2.24) is 15.5 Å². The molecule has 0 unspecified atom stereocenters. The first-order valence-corrected chi connectivity index (χ1v) is 15.1. The maximum atomic E-state index is 12.8. The molecule has 0 radical (unpaired) electrons. The molecule has 1 aliphatic carbocycles. The molecule has 3 amide bonds. The maximum absolute atomic E-state index is 12.8. The molecule has 0 aromatic heterocycles. The van der Waals surface area contributed by atoms with E-state index in [4.69, 9.17) is 9.90 Å². The number of hydrogen-bond donors (Lipinski definition) is 5. The molecule has 0 aromatic rings. The SMILES string of the molecule is CCN(CC(=O)N[C@@H](CC(=O)O)C(=O)N[C@H](CC1CCCCC1)C(=O)O)C(=O)CCCC1CC[NH2+]CC1.O=C([O-])C(F)(F)F. The van der Waals surface area contributed by atoms with Crippen LogP contribution in [0.25, 0.3) is 0 Å². The van der Waals surface area contributed by atoms with Crippen LogP contribution in [-0.4, -0.2) is 95.2 Å². The van der Waals surface area contributed by atoms with Gasteiger partial charge in [0.15, 0.2) is 0 Å². The lowest BCUT2D eigenvalue weighted by atomic mass is 9.85. The summed E-state index contributed by atoms with van der Waals surface area (Å²) in [4.78, 5) is 71.4. The fourth-order valence-electron chi connectivity index (χ4n) is 5.41. The van der Waals surface area contributed by atoms with E-state index in [1.54, 1.807) is 6.92 Å². The van der Waals surface area contributed by atoms with Crippen molar-refractivity contribution in [2.24, 2.45) is 11.8 Å². The number of nitrogens with zero attached hydrogens (tertiary/aromatic N) is 1. The standard InChI is InChI=1S/C26H44N4O7.C2HF3O2/c1-2-30(23(32)10-6-9-18-11-13-27-14-12-18)17-22(31)28-20(16-24(33)34)25(35)29-21(26(36)37)15-19-7-4-3-5-8-19;3-2(4,5)1(6)7/h18-21,27H,2-17H2,1H3,(H,28,31)(H,29,35)(H,33,34)(H,36,37);(H,6,7)/t20-,21+;/m0./s1. The van der Waals surface area contributed by atoms with Crippen molar-refractivity contribution < 1.29 is 62.6 Å². The van der Waals surface area contributed by atoms with Gasteiger partial charge in [-0.3, -0.25) is 19.2 Å². The van der Waals surface area contributed by atoms with Gasteiger partial charge in [-0.25, -0.2) is 4.79 Å². The lowest BCUT2D eigenvalue weighted by Gasteiger charge is -2.27. The second kappa shape index (κ2) is 19.8. The summed E-state index contributed by atoms with van der Waals surface area (Å²) in [5.41, 5.74) is 0. The quantitative estimate of drug-likeness (QED) is 0.160. The number of carboxylic acids is 3. The summed E-state index contributed by atoms with van der Waals surface area (Å²) in [5.74, 6) is -6.33. The molecule has 252 valence electrons. The van der Waals surface area contributed by atoms with Crippen molar-refractivity contribution in [3.63, 3.8) is 0 Å². The number of rotatable bonds is 15. The number of hydrogen-bond acceptors (Lipinski definition) is 7. The number of amides is 3. The number of carbonyl (C=O) groups excluding carboxylic acids is 4. The summed E-state index contributed by atoms with van der Waals surface area (Å²) in [6.45, 7) is 4.02. The second-order valence-corrected chi connectivity index (χ2v) is 11.3. The van der Waals surface area contributed by atoms with E-state index in [1.807, 2.05) is 0 Å². The third-order valence-corrected chi connectivity index (χ3v) is 7.80. The van der Waals surface area contributed by atoms with E-state index in [0.717, 1.165) is 70.9 Å². The number of alkyl halides is 3. The van der Waals surface area contributed by atoms with E-state index in [9.17, 15) is 47.4 Å². The minimum absolute atomic E-state index is 0.155. The number of carbonyl (C=O) groups is 6. The zero-order valence-corrected chi connectivity index (χ0v) is 25.0. The van der Waals surface area contributed by atoms with Crippen LogP contribution >= 0.6 is 0 Å². The highest BCUT2D eigenvalue weighted by atomic mass is 19.4. The molecule has 13 nitrogen and oxygen atoms in total. The summed E-state index contributed by atoms with van der Waals surface area (Å²) in [6, 6.07) is -2.59. The highest BCUT2D eigenvalue weighted by molar-refractivity contribution is 5.94. The highest BCUT2D eigenvalue weighted by Crippen LogP contribution is 2.27. The number of nitrogens with two attached hydrogens (primary N) is 1. The molecule has 6 N–H and O–H groups in total. The normalized spacial score (nSPS) is 17.3. The van der Waals surface area contributed by atoms with Crippen molar-refractivity contribution in [3.8, 4) is 0 Å². The molecule has 2 aliphatic rings. The number of likely N-dealkylation sites (N-methyl/N-ethyl adjacent to an activating group) is 1. The van der Waals surface area contributed by atoms with E-state index >= 15 is 0 Å². The monoisotopic (exact) mass is 638 g/mol. The van der Waals surface area contributed by atoms with Crippen LogP contribution < -0.4 is 21.1 Å². The van der Waals surface area contributed by atoms with Crippen molar-refractivity contribution in [1.29, 1.82) is 0 Å². The Hall–Kier alpha value is -3.43. The Morgan fingerprint density at radius 1 is 0.932 bits per heavy atom. The largest absolute Gasteiger partial charge is 0.542 e. The summed E-state index contributed by atoms with van der Waals surface area (Å²) in [7, 11) is 0. The van der Waals surface area contributed by atoms with E-state index in [0.29, 0.717) is 18.9 Å². The number of piperidine rings is 1. The molecular weight excluding hydrogens is 593 g/mol. The van der Waals surface area contributed by atoms with Crippen molar-refractivity contribution >= 4 is 35.6 Å². The Morgan fingerprint density at radius 2 is 1.52 bits per heavy atom. The predicted octanol–water partition coefficient (Wildman–Crippen LogP) is -0.223. The van der Waals surface area contributed by atoms with Crippen molar-refractivity contribution in [3.05, 3.63) is 0 Å². The maximum Gasteiger partial charge on any atom is 0.430 e. The third-order valence-electron chi connectivity index (χ3n) is 7.80. The zero-order valence-electron chi connectivity index (χ0n) is 25.0. The Balaban J connectivity index is 0.00000123. The first kappa shape index (κ1) is 38.6. The van der Waals surface area contributed by atoms with Crippen LogP contribution in [0.4, 0.5) is 13.2 Å². The van der Waals surface area contributed by atoms with Gasteiger partial charge in [0.1, 0.15) is 18.1 Å². The Labute approximate surface area is 254 Å². The number of quaternary nitrogens is 1. The van der Waals surface area contributed by atoms with E-state index in [-0.39, 0.29) is 24.8 Å². The van der Waals surface area contributed by atoms with Gasteiger partial charge >= 0.3 is 18.1 Å². The lowest BCUT2D eigenvalue weighted by Crippen LogP contribution is -2.86. The van der Waals surface area contributed by atoms with Crippen LogP contribution in [0.3, 0.4) is 0 Å². The fraction of sp³-hybridized carbons (Fsp3) is 0.786. The third kappa shape index (κ3) is 15.9. The highest BCUT2D eigenvalue weighted by Gasteiger charge is 2.31. The first-order chi connectivity index (χ1) is 20.6. The molecule has 2 fully saturated rings. The number of aliphatic carboxylic acids is 3. The second-order valence-electron chi connectivity index (χ2n) is 11.3. The molecule has 0 aromatic carbocycles. The van der Waals surface area contributed by atoms with Crippen LogP contribution in [0.2, 0.25) is 0 Å². The van der Waals surface area contributed by atoms with Crippen molar-refractivity contribution in [2.75, 3.05) is 26.2 Å². The van der Waals surface area contributed by atoms with Gasteiger partial charge in [0.05, 0.1) is 26.1 Å². The van der Waals surface area contributed by atoms with E-state index < -0.39 is 54.4 Å². The summed E-state index contributed by atoms with van der Waals surface area (Å²) in [6.07, 6.45) is 3.73. The molecule has 44 heavy (non-hydrogen) atoms. The van der Waals surface area contributed by atoms with E-state index in [2.05, 4.69) is 16.0 Å². The summed E-state index contributed by atoms with van der Waals surface area (Å²) < 4.78 is 31.5. The first-order valence-electron chi connectivity index (χ1n) is 15.1. The van der Waals surface area contributed by atoms with Gasteiger partial charge in [-0.15, -0.1) is 0 Å². The number of carboxylic acid groups (broad SMARTS) is 3. The van der Waals surface area contributed by atoms with Gasteiger partial charge in [-0.05, 0) is 50.9 Å². The Morgan fingerprint density at radius 3 is 2.02 bits per heavy atom. The minimum Gasteiger partial charge on any atom is -0.542 e. The lowest BCUT2D eigenvalue weighted by molar-refractivity contribution is -0.664. The van der Waals surface area contributed by atoms with Crippen molar-refractivity contribution in [2.45, 2.75) is 102 Å². The summed E-state index contributed by atoms with van der Waals surface area (Å²) in [5, 5.41) is 34.8. The van der Waals surface area contributed by atoms with Gasteiger partial charge in [0.2, 0.25) is 17.7 Å². The number of nitrogens with one attached hydrogen (secondary N) is 2. The summed E-state index contributed by atoms with van der Waals surface area (Å²) >= 11 is 0. The average Bonchev–Trinajstić information content (AvgIpc) is 2.95. The average molecular weight is 639 g/mol. The van der Waals surface area contributed by atoms with Gasteiger partial charge in [0.25, 0.3) is 0 Å². The topological polar surface area (TPSA) is 210 Å². The smallest absolute Gasteiger partial charge is 0.430 e. The molecule has 0 spiro atoms. The molecule has 16 heteroatoms. The molecule has 1 saturated heterocycles. The van der Waals surface area contributed by atoms with Gasteiger partial charge in [0, 0.05) is 13.0 Å². The van der Waals surface area contributed by atoms with Crippen LogP contribution in [0.5, 0.6) is 0 Å². The minimum atomic E-state index is -5.19. The Kier molecular flexibility index (Phi) is 17.3. The van der Waals surface area contributed by atoms with Gasteiger partial charge < -0.3 is 41.0 Å². The van der Waals surface area contributed by atoms with Crippen LogP contribution in [-0.2, 0) is 28.8 Å². The van der Waals surface area contributed by atoms with Crippen LogP contribution in [0.1, 0.15) is 84.0 Å². The molecule has 0 bridgehead atoms. The molecule has 1 heterocycles. The van der Waals surface area contributed by atoms with Crippen LogP contribution in [0.15, 0.2) is 0 Å². The van der Waals surface area contributed by atoms with Crippen LogP contribution in [0, 0.1) is 11.8 Å². The fourth-order valence-corrected chi connectivity index (χ4v) is 5.41. The zero-order chi connectivity index (χ0) is 33.3. The van der Waals surface area contributed by atoms with Gasteiger partial charge in [-0.2, -0.15) is 13.2 Å². The molecular formula is C28H45F3N4O9. The van der Waals surface area contributed by atoms with Gasteiger partial charge in [-0.1, -0.05) is 32.1 Å².